The molecule has 0 saturated heterocycles. The van der Waals surface area contributed by atoms with Gasteiger partial charge in [-0.25, -0.2) is 4.57 Å². The van der Waals surface area contributed by atoms with E-state index in [-0.39, 0.29) is 6.61 Å². The van der Waals surface area contributed by atoms with Gasteiger partial charge in [-0.2, -0.15) is 0 Å². The minimum absolute atomic E-state index is 0.190. The molecule has 1 atom stereocenters. The molecule has 0 aliphatic carbocycles. The number of rotatable bonds is 7. The smallest absolute Gasteiger partial charge is 0.383 e. The number of aryl methyl sites for hydroxylation is 1. The third kappa shape index (κ3) is 6.14. The maximum absolute atomic E-state index is 10.5. The van der Waals surface area contributed by atoms with Crippen molar-refractivity contribution < 1.29 is 18.9 Å². The Balaban J connectivity index is 2.33. The van der Waals surface area contributed by atoms with Crippen LogP contribution < -0.4 is 11.1 Å². The fraction of sp³-hybridized carbons (Fsp3) is 0.455. The molecule has 0 bridgehead atoms. The Bertz CT molecular complexity index is 404. The van der Waals surface area contributed by atoms with Crippen molar-refractivity contribution in [2.75, 3.05) is 18.5 Å². The Kier molecular flexibility index (Phi) is 5.78. The van der Waals surface area contributed by atoms with Crippen LogP contribution in [0, 0.1) is 0 Å². The molecule has 1 rings (SSSR count). The Morgan fingerprint density at radius 2 is 2.00 bits per heavy atom. The second kappa shape index (κ2) is 6.87. The van der Waals surface area contributed by atoms with Gasteiger partial charge in [0, 0.05) is 18.3 Å². The fourth-order valence-corrected chi connectivity index (χ4v) is 1.74. The largest absolute Gasteiger partial charge is 0.469 e. The quantitative estimate of drug-likeness (QED) is 0.555. The first-order valence-corrected chi connectivity index (χ1v) is 7.22. The van der Waals surface area contributed by atoms with E-state index in [1.54, 1.807) is 0 Å². The van der Waals surface area contributed by atoms with E-state index in [1.165, 1.54) is 5.56 Å². The third-order valence-corrected chi connectivity index (χ3v) is 2.87. The number of nitrogens with one attached hydrogen (secondary N) is 1. The minimum atomic E-state index is -4.43. The average Bonchev–Trinajstić information content (AvgIpc) is 2.33. The minimum Gasteiger partial charge on any atom is -0.383 e. The van der Waals surface area contributed by atoms with Crippen LogP contribution in [0.4, 0.5) is 5.69 Å². The Morgan fingerprint density at radius 3 is 2.50 bits per heavy atom. The van der Waals surface area contributed by atoms with Gasteiger partial charge in [0.25, 0.3) is 0 Å². The van der Waals surface area contributed by atoms with Gasteiger partial charge in [0.1, 0.15) is 0 Å². The molecule has 1 aromatic rings. The third-order valence-electron chi connectivity index (χ3n) is 2.39. The lowest BCUT2D eigenvalue weighted by molar-refractivity contribution is 0.188. The second-order valence-electron chi connectivity index (χ2n) is 3.98. The first kappa shape index (κ1) is 15.1. The van der Waals surface area contributed by atoms with Crippen molar-refractivity contribution in [3.05, 3.63) is 29.8 Å². The molecule has 1 aromatic carbocycles. The van der Waals surface area contributed by atoms with Crippen LogP contribution >= 0.6 is 7.82 Å². The molecule has 7 heteroatoms. The van der Waals surface area contributed by atoms with Crippen LogP contribution in [0.25, 0.3) is 0 Å². The van der Waals surface area contributed by atoms with Gasteiger partial charge < -0.3 is 20.8 Å². The zero-order valence-electron chi connectivity index (χ0n) is 10.2. The molecular formula is C11H19N2O4P. The van der Waals surface area contributed by atoms with Crippen molar-refractivity contribution in [1.29, 1.82) is 0 Å². The van der Waals surface area contributed by atoms with Gasteiger partial charge in [-0.3, -0.25) is 4.52 Å². The summed E-state index contributed by atoms with van der Waals surface area (Å²) in [7, 11) is -4.43. The van der Waals surface area contributed by atoms with E-state index in [9.17, 15) is 4.57 Å². The van der Waals surface area contributed by atoms with E-state index in [1.807, 2.05) is 24.3 Å². The van der Waals surface area contributed by atoms with Crippen LogP contribution in [0.5, 0.6) is 0 Å². The highest BCUT2D eigenvalue weighted by molar-refractivity contribution is 7.46. The van der Waals surface area contributed by atoms with Crippen molar-refractivity contribution in [1.82, 2.24) is 0 Å². The van der Waals surface area contributed by atoms with E-state index in [0.717, 1.165) is 12.1 Å². The molecule has 0 fully saturated rings. The number of hydrogen-bond donors (Lipinski definition) is 4. The summed E-state index contributed by atoms with van der Waals surface area (Å²) in [6.45, 7) is 2.27. The van der Waals surface area contributed by atoms with E-state index in [0.29, 0.717) is 6.54 Å². The highest BCUT2D eigenvalue weighted by atomic mass is 31.2. The highest BCUT2D eigenvalue weighted by Gasteiger charge is 2.15. The lowest BCUT2D eigenvalue weighted by Crippen LogP contribution is -2.33. The summed E-state index contributed by atoms with van der Waals surface area (Å²) in [5.41, 5.74) is 7.81. The fourth-order valence-electron chi connectivity index (χ4n) is 1.36. The number of phosphoric acid groups is 1. The zero-order chi connectivity index (χ0) is 13.6. The van der Waals surface area contributed by atoms with E-state index in [2.05, 4.69) is 16.8 Å². The van der Waals surface area contributed by atoms with Gasteiger partial charge >= 0.3 is 7.82 Å². The second-order valence-corrected chi connectivity index (χ2v) is 5.22. The maximum Gasteiger partial charge on any atom is 0.469 e. The van der Waals surface area contributed by atoms with Crippen molar-refractivity contribution >= 4 is 13.5 Å². The zero-order valence-corrected chi connectivity index (χ0v) is 11.1. The summed E-state index contributed by atoms with van der Waals surface area (Å²) >= 11 is 0. The molecule has 0 unspecified atom stereocenters. The molecule has 102 valence electrons. The average molecular weight is 274 g/mol. The molecule has 18 heavy (non-hydrogen) atoms. The lowest BCUT2D eigenvalue weighted by Gasteiger charge is -2.14. The summed E-state index contributed by atoms with van der Waals surface area (Å²) in [6.07, 6.45) is 0.982. The van der Waals surface area contributed by atoms with E-state index >= 15 is 0 Å². The topological polar surface area (TPSA) is 105 Å². The van der Waals surface area contributed by atoms with Crippen LogP contribution in [0.15, 0.2) is 24.3 Å². The molecule has 0 aromatic heterocycles. The van der Waals surface area contributed by atoms with Crippen molar-refractivity contribution in [3.63, 3.8) is 0 Å². The van der Waals surface area contributed by atoms with E-state index < -0.39 is 13.9 Å². The Labute approximate surface area is 106 Å². The van der Waals surface area contributed by atoms with Gasteiger partial charge in [0.05, 0.1) is 6.61 Å². The van der Waals surface area contributed by atoms with Crippen molar-refractivity contribution in [2.45, 2.75) is 19.4 Å². The number of anilines is 1. The van der Waals surface area contributed by atoms with Crippen LogP contribution in [0.3, 0.4) is 0 Å². The van der Waals surface area contributed by atoms with Crippen LogP contribution in [0.1, 0.15) is 12.5 Å². The molecule has 0 heterocycles. The van der Waals surface area contributed by atoms with Gasteiger partial charge in [-0.1, -0.05) is 19.1 Å². The van der Waals surface area contributed by atoms with Crippen LogP contribution in [-0.2, 0) is 15.5 Å². The first-order valence-electron chi connectivity index (χ1n) is 5.69. The molecule has 0 amide bonds. The van der Waals surface area contributed by atoms with E-state index in [4.69, 9.17) is 15.5 Å². The molecule has 0 radical (unpaired) electrons. The predicted molar refractivity (Wildman–Crippen MR) is 70.3 cm³/mol. The predicted octanol–water partition coefficient (Wildman–Crippen LogP) is 1.10. The monoisotopic (exact) mass is 274 g/mol. The lowest BCUT2D eigenvalue weighted by atomic mass is 10.1. The number of benzene rings is 1. The number of phosphoric ester groups is 1. The summed E-state index contributed by atoms with van der Waals surface area (Å²) in [6, 6.07) is 7.42. The molecule has 0 saturated carbocycles. The number of nitrogens with two attached hydrogens (primary N) is 1. The Morgan fingerprint density at radius 1 is 1.39 bits per heavy atom. The van der Waals surface area contributed by atoms with Gasteiger partial charge in [-0.15, -0.1) is 0 Å². The summed E-state index contributed by atoms with van der Waals surface area (Å²) in [5.74, 6) is 0. The first-order chi connectivity index (χ1) is 8.40. The normalized spacial score (nSPS) is 13.3. The van der Waals surface area contributed by atoms with Crippen LogP contribution in [-0.4, -0.2) is 29.0 Å². The van der Waals surface area contributed by atoms with Gasteiger partial charge in [-0.05, 0) is 24.1 Å². The van der Waals surface area contributed by atoms with Gasteiger partial charge in [0.2, 0.25) is 0 Å². The Hall–Kier alpha value is -0.910. The molecule has 5 N–H and O–H groups in total. The van der Waals surface area contributed by atoms with Crippen LogP contribution in [0.2, 0.25) is 0 Å². The standard InChI is InChI=1S/C11H19N2O4P/c1-2-9-3-5-11(6-4-9)13-7-10(12)8-17-18(14,15)16/h3-6,10,13H,2,7-8,12H2,1H3,(H2,14,15,16)/t10-/m0/s1. The van der Waals surface area contributed by atoms with Crippen molar-refractivity contribution in [3.8, 4) is 0 Å². The number of hydrogen-bond acceptors (Lipinski definition) is 4. The SMILES string of the molecule is CCc1ccc(NC[C@H](N)COP(=O)(O)O)cc1. The van der Waals surface area contributed by atoms with Gasteiger partial charge in [0.15, 0.2) is 0 Å². The molecule has 0 aliphatic rings. The highest BCUT2D eigenvalue weighted by Crippen LogP contribution is 2.35. The summed E-state index contributed by atoms with van der Waals surface area (Å²) in [4.78, 5) is 17.0. The maximum atomic E-state index is 10.5. The molecule has 0 aliphatic heterocycles. The van der Waals surface area contributed by atoms with Crippen molar-refractivity contribution in [2.24, 2.45) is 5.73 Å². The summed E-state index contributed by atoms with van der Waals surface area (Å²) in [5, 5.41) is 3.07. The summed E-state index contributed by atoms with van der Waals surface area (Å²) < 4.78 is 14.8. The molecular weight excluding hydrogens is 255 g/mol. The molecule has 6 nitrogen and oxygen atoms in total. The molecule has 0 spiro atoms.